The molecule has 4 aromatic heterocycles. The highest BCUT2D eigenvalue weighted by Crippen LogP contribution is 2.43. The van der Waals surface area contributed by atoms with Gasteiger partial charge in [-0.3, -0.25) is 4.98 Å². The number of hydrogen-bond acceptors (Lipinski definition) is 5. The summed E-state index contributed by atoms with van der Waals surface area (Å²) in [5.74, 6) is 1.69. The highest BCUT2D eigenvalue weighted by atomic mass is 16.3. The normalized spacial score (nSPS) is 11.6. The lowest BCUT2D eigenvalue weighted by Gasteiger charge is -2.13. The van der Waals surface area contributed by atoms with E-state index in [2.05, 4.69) is 198 Å². The fourth-order valence-corrected chi connectivity index (χ4v) is 9.61. The predicted octanol–water partition coefficient (Wildman–Crippen LogP) is 15.4. The van der Waals surface area contributed by atoms with Crippen molar-refractivity contribution in [1.82, 2.24) is 24.5 Å². The molecule has 0 saturated carbocycles. The van der Waals surface area contributed by atoms with Crippen LogP contribution in [0, 0.1) is 0 Å². The van der Waals surface area contributed by atoms with Crippen LogP contribution in [0.5, 0.6) is 0 Å². The van der Waals surface area contributed by atoms with E-state index in [9.17, 15) is 0 Å². The third kappa shape index (κ3) is 6.26. The van der Waals surface area contributed by atoms with Gasteiger partial charge in [-0.1, -0.05) is 170 Å². The van der Waals surface area contributed by atoms with Crippen molar-refractivity contribution in [1.29, 1.82) is 0 Å². The molecule has 0 fully saturated rings. The van der Waals surface area contributed by atoms with Crippen molar-refractivity contribution in [2.24, 2.45) is 0 Å². The van der Waals surface area contributed by atoms with Crippen molar-refractivity contribution >= 4 is 54.5 Å². The van der Waals surface area contributed by atoms with E-state index in [4.69, 9.17) is 19.4 Å². The summed E-state index contributed by atoms with van der Waals surface area (Å²) in [6, 6.07) is 74.8. The van der Waals surface area contributed by atoms with Crippen molar-refractivity contribution in [3.63, 3.8) is 0 Å². The lowest BCUT2D eigenvalue weighted by atomic mass is 9.95. The van der Waals surface area contributed by atoms with Gasteiger partial charge in [-0.05, 0) is 81.2 Å². The number of benzene rings is 9. The van der Waals surface area contributed by atoms with Gasteiger partial charge in [-0.2, -0.15) is 0 Å². The van der Waals surface area contributed by atoms with E-state index in [1.807, 2.05) is 24.3 Å². The van der Waals surface area contributed by atoms with Crippen LogP contribution in [0.1, 0.15) is 0 Å². The zero-order valence-electron chi connectivity index (χ0n) is 35.5. The average molecular weight is 844 g/mol. The first-order valence-corrected chi connectivity index (χ1v) is 22.1. The zero-order valence-corrected chi connectivity index (χ0v) is 35.5. The molecular formula is C60H37N5O. The number of furan rings is 1. The van der Waals surface area contributed by atoms with Crippen molar-refractivity contribution in [2.75, 3.05) is 0 Å². The molecule has 66 heavy (non-hydrogen) atoms. The second-order valence-electron chi connectivity index (χ2n) is 16.6. The van der Waals surface area contributed by atoms with E-state index in [1.165, 1.54) is 43.7 Å². The molecule has 0 radical (unpaired) electrons. The Morgan fingerprint density at radius 1 is 0.379 bits per heavy atom. The molecule has 0 unspecified atom stereocenters. The lowest BCUT2D eigenvalue weighted by molar-refractivity contribution is 0.667. The molecule has 0 N–H and O–H groups in total. The third-order valence-corrected chi connectivity index (χ3v) is 12.8. The monoisotopic (exact) mass is 843 g/mol. The Kier molecular flexibility index (Phi) is 8.74. The number of hydrogen-bond donors (Lipinski definition) is 0. The van der Waals surface area contributed by atoms with Crippen molar-refractivity contribution in [2.45, 2.75) is 0 Å². The van der Waals surface area contributed by atoms with Gasteiger partial charge in [0.2, 0.25) is 0 Å². The molecule has 0 amide bonds. The first kappa shape index (κ1) is 37.5. The quantitative estimate of drug-likeness (QED) is 0.160. The summed E-state index contributed by atoms with van der Waals surface area (Å²) in [5.41, 5.74) is 14.3. The number of fused-ring (bicyclic) bond motifs is 8. The standard InChI is InChI=1S/C60H37N5O/c1-3-13-38(14-4-1)43-18-11-19-45(35-43)59-62-58(63-60(64-59)51-23-12-22-49-48-33-34-61-37-54(48)66-57(49)51)42-27-25-39(26-28-42)40-29-31-46(32-30-40)65-53-24-10-9-21-50(53)55-52(41-15-5-2-6-16-41)36-44-17-7-8-20-47(44)56(55)65/h1-37H. The molecule has 0 spiro atoms. The molecule has 13 aromatic rings. The van der Waals surface area contributed by atoms with Gasteiger partial charge in [0, 0.05) is 49.9 Å². The van der Waals surface area contributed by atoms with Crippen LogP contribution in [0.15, 0.2) is 229 Å². The first-order valence-electron chi connectivity index (χ1n) is 22.1. The van der Waals surface area contributed by atoms with Crippen LogP contribution in [0.4, 0.5) is 0 Å². The van der Waals surface area contributed by atoms with Crippen LogP contribution in [0.2, 0.25) is 0 Å². The summed E-state index contributed by atoms with van der Waals surface area (Å²) in [6.45, 7) is 0. The van der Waals surface area contributed by atoms with Crippen LogP contribution in [0.3, 0.4) is 0 Å². The highest BCUT2D eigenvalue weighted by molar-refractivity contribution is 6.24. The second-order valence-corrected chi connectivity index (χ2v) is 16.6. The SMILES string of the molecule is c1ccc(-c2cccc(-c3nc(-c4ccc(-c5ccc(-n6c7ccccc7c7c(-c8ccccc8)cc8ccccc8c76)cc5)cc4)nc(-c4cccc5c4oc4cnccc45)n3)c2)cc1. The summed E-state index contributed by atoms with van der Waals surface area (Å²) in [7, 11) is 0. The fraction of sp³-hybridized carbons (Fsp3) is 0. The van der Waals surface area contributed by atoms with Crippen LogP contribution in [0.25, 0.3) is 128 Å². The number of pyridine rings is 1. The summed E-state index contributed by atoms with van der Waals surface area (Å²) in [6.07, 6.45) is 3.54. The third-order valence-electron chi connectivity index (χ3n) is 12.8. The molecule has 4 heterocycles. The summed E-state index contributed by atoms with van der Waals surface area (Å²) >= 11 is 0. The number of aromatic nitrogens is 5. The average Bonchev–Trinajstić information content (AvgIpc) is 3.96. The molecule has 308 valence electrons. The summed E-state index contributed by atoms with van der Waals surface area (Å²) in [5, 5.41) is 6.91. The van der Waals surface area contributed by atoms with Gasteiger partial charge in [-0.15, -0.1) is 0 Å². The number of para-hydroxylation sites is 2. The van der Waals surface area contributed by atoms with E-state index in [1.54, 1.807) is 12.4 Å². The predicted molar refractivity (Wildman–Crippen MR) is 269 cm³/mol. The molecule has 0 atom stereocenters. The zero-order chi connectivity index (χ0) is 43.6. The maximum absolute atomic E-state index is 6.42. The minimum absolute atomic E-state index is 0.533. The molecule has 13 rings (SSSR count). The minimum Gasteiger partial charge on any atom is -0.454 e. The Balaban J connectivity index is 0.907. The molecule has 0 aliphatic carbocycles. The van der Waals surface area contributed by atoms with Gasteiger partial charge in [0.1, 0.15) is 5.58 Å². The van der Waals surface area contributed by atoms with E-state index in [0.717, 1.165) is 61.0 Å². The molecular weight excluding hydrogens is 807 g/mol. The van der Waals surface area contributed by atoms with Crippen molar-refractivity contribution in [3.05, 3.63) is 225 Å². The van der Waals surface area contributed by atoms with Gasteiger partial charge in [-0.25, -0.2) is 15.0 Å². The van der Waals surface area contributed by atoms with E-state index in [0.29, 0.717) is 23.1 Å². The number of nitrogens with zero attached hydrogens (tertiary/aromatic N) is 5. The van der Waals surface area contributed by atoms with Crippen LogP contribution < -0.4 is 0 Å². The summed E-state index contributed by atoms with van der Waals surface area (Å²) in [4.78, 5) is 19.7. The lowest BCUT2D eigenvalue weighted by Crippen LogP contribution is -2.00. The second kappa shape index (κ2) is 15.4. The number of rotatable bonds is 7. The maximum Gasteiger partial charge on any atom is 0.167 e. The molecule has 0 saturated heterocycles. The van der Waals surface area contributed by atoms with Gasteiger partial charge < -0.3 is 8.98 Å². The first-order chi connectivity index (χ1) is 32.7. The summed E-state index contributed by atoms with van der Waals surface area (Å²) < 4.78 is 8.85. The van der Waals surface area contributed by atoms with Gasteiger partial charge in [0.05, 0.1) is 22.8 Å². The van der Waals surface area contributed by atoms with Crippen LogP contribution in [-0.4, -0.2) is 24.5 Å². The van der Waals surface area contributed by atoms with E-state index < -0.39 is 0 Å². The van der Waals surface area contributed by atoms with E-state index in [-0.39, 0.29) is 0 Å². The Morgan fingerprint density at radius 3 is 1.77 bits per heavy atom. The molecule has 0 aliphatic heterocycles. The Bertz CT molecular complexity index is 3970. The van der Waals surface area contributed by atoms with Crippen molar-refractivity contribution < 1.29 is 4.42 Å². The minimum atomic E-state index is 0.533. The maximum atomic E-state index is 6.42. The molecule has 9 aromatic carbocycles. The Labute approximate surface area is 379 Å². The van der Waals surface area contributed by atoms with Gasteiger partial charge in [0.15, 0.2) is 23.1 Å². The topological polar surface area (TPSA) is 69.6 Å². The molecule has 6 nitrogen and oxygen atoms in total. The molecule has 0 bridgehead atoms. The largest absolute Gasteiger partial charge is 0.454 e. The Hall–Kier alpha value is -9.00. The van der Waals surface area contributed by atoms with Crippen LogP contribution >= 0.6 is 0 Å². The van der Waals surface area contributed by atoms with Crippen molar-refractivity contribution in [3.8, 4) is 73.2 Å². The highest BCUT2D eigenvalue weighted by Gasteiger charge is 2.21. The smallest absolute Gasteiger partial charge is 0.167 e. The fourth-order valence-electron chi connectivity index (χ4n) is 9.61. The molecule has 0 aliphatic rings. The van der Waals surface area contributed by atoms with E-state index >= 15 is 0 Å². The van der Waals surface area contributed by atoms with Crippen LogP contribution in [-0.2, 0) is 0 Å². The van der Waals surface area contributed by atoms with Gasteiger partial charge in [0.25, 0.3) is 0 Å². The Morgan fingerprint density at radius 2 is 0.970 bits per heavy atom. The van der Waals surface area contributed by atoms with Gasteiger partial charge >= 0.3 is 0 Å². The molecule has 6 heteroatoms.